The smallest absolute Gasteiger partial charge is 0.154 e. The highest BCUT2D eigenvalue weighted by molar-refractivity contribution is 6.38. The number of aryl methyl sites for hydroxylation is 1. The van der Waals surface area contributed by atoms with Crippen molar-refractivity contribution in [1.29, 1.82) is 0 Å². The van der Waals surface area contributed by atoms with Crippen LogP contribution in [0.5, 0.6) is 0 Å². The molecule has 3 aromatic heterocycles. The van der Waals surface area contributed by atoms with E-state index in [1.165, 1.54) is 0 Å². The van der Waals surface area contributed by atoms with Crippen LogP contribution in [0.15, 0.2) is 36.9 Å². The van der Waals surface area contributed by atoms with Crippen LogP contribution in [-0.2, 0) is 7.05 Å². The molecule has 8 heteroatoms. The summed E-state index contributed by atoms with van der Waals surface area (Å²) >= 11 is 6.74. The van der Waals surface area contributed by atoms with Crippen molar-refractivity contribution in [3.8, 4) is 11.4 Å². The van der Waals surface area contributed by atoms with Crippen molar-refractivity contribution >= 4 is 33.8 Å². The van der Waals surface area contributed by atoms with Crippen molar-refractivity contribution in [2.75, 3.05) is 24.5 Å². The fourth-order valence-corrected chi connectivity index (χ4v) is 4.46. The molecule has 4 aromatic rings. The highest BCUT2D eigenvalue weighted by atomic mass is 35.5. The van der Waals surface area contributed by atoms with E-state index in [1.54, 1.807) is 4.68 Å². The Bertz CT molecular complexity index is 1200. The first-order chi connectivity index (χ1) is 14.0. The predicted molar refractivity (Wildman–Crippen MR) is 116 cm³/mol. The standard InChI is InChI=1S/C21H24ClN7/c1-21(13-23)5-8-28(9-6-21)20-17-11-25-19(29(17)10-7-24-20)14-3-4-16-15(18(14)22)12-27(2)26-16/h3-4,7,10-12H,5-6,8-9,13,23H2,1-2H3. The number of benzene rings is 1. The Kier molecular flexibility index (Phi) is 4.26. The fourth-order valence-electron chi connectivity index (χ4n) is 4.17. The van der Waals surface area contributed by atoms with E-state index < -0.39 is 0 Å². The lowest BCUT2D eigenvalue weighted by Gasteiger charge is -2.39. The molecule has 29 heavy (non-hydrogen) atoms. The van der Waals surface area contributed by atoms with Crippen LogP contribution in [0.4, 0.5) is 5.82 Å². The van der Waals surface area contributed by atoms with Crippen LogP contribution in [0.2, 0.25) is 5.02 Å². The molecule has 1 aliphatic heterocycles. The third-order valence-electron chi connectivity index (χ3n) is 6.18. The number of halogens is 1. The summed E-state index contributed by atoms with van der Waals surface area (Å²) in [5.74, 6) is 1.77. The van der Waals surface area contributed by atoms with E-state index in [9.17, 15) is 0 Å². The second-order valence-electron chi connectivity index (χ2n) is 8.25. The van der Waals surface area contributed by atoms with Crippen molar-refractivity contribution in [1.82, 2.24) is 24.1 Å². The monoisotopic (exact) mass is 409 g/mol. The molecule has 4 heterocycles. The van der Waals surface area contributed by atoms with Crippen LogP contribution in [0, 0.1) is 5.41 Å². The van der Waals surface area contributed by atoms with Gasteiger partial charge in [0.1, 0.15) is 11.3 Å². The highest BCUT2D eigenvalue weighted by Crippen LogP contribution is 2.36. The Labute approximate surface area is 174 Å². The van der Waals surface area contributed by atoms with Crippen LogP contribution in [-0.4, -0.2) is 43.8 Å². The van der Waals surface area contributed by atoms with E-state index in [1.807, 2.05) is 44.0 Å². The number of hydrogen-bond acceptors (Lipinski definition) is 5. The Balaban J connectivity index is 1.57. The third kappa shape index (κ3) is 2.96. The summed E-state index contributed by atoms with van der Waals surface area (Å²) in [6.07, 6.45) is 9.73. The van der Waals surface area contributed by atoms with Crippen molar-refractivity contribution < 1.29 is 0 Å². The molecule has 5 rings (SSSR count). The zero-order valence-corrected chi connectivity index (χ0v) is 17.4. The number of hydrogen-bond donors (Lipinski definition) is 1. The molecule has 0 unspecified atom stereocenters. The minimum atomic E-state index is 0.222. The van der Waals surface area contributed by atoms with E-state index in [-0.39, 0.29) is 5.41 Å². The fraction of sp³-hybridized carbons (Fsp3) is 0.381. The Morgan fingerprint density at radius 2 is 2.00 bits per heavy atom. The topological polar surface area (TPSA) is 77.3 Å². The second-order valence-corrected chi connectivity index (χ2v) is 8.63. The Morgan fingerprint density at radius 1 is 1.21 bits per heavy atom. The first-order valence-corrected chi connectivity index (χ1v) is 10.3. The maximum atomic E-state index is 6.74. The summed E-state index contributed by atoms with van der Waals surface area (Å²) in [7, 11) is 1.90. The average Bonchev–Trinajstić information content (AvgIpc) is 3.32. The lowest BCUT2D eigenvalue weighted by Crippen LogP contribution is -2.42. The van der Waals surface area contributed by atoms with Crippen LogP contribution >= 0.6 is 11.6 Å². The zero-order valence-electron chi connectivity index (χ0n) is 16.6. The molecule has 0 aliphatic carbocycles. The number of rotatable bonds is 3. The molecule has 0 atom stereocenters. The molecular weight excluding hydrogens is 386 g/mol. The van der Waals surface area contributed by atoms with Gasteiger partial charge in [0.2, 0.25) is 0 Å². The maximum Gasteiger partial charge on any atom is 0.154 e. The van der Waals surface area contributed by atoms with Crippen molar-refractivity contribution in [2.24, 2.45) is 18.2 Å². The first kappa shape index (κ1) is 18.4. The molecule has 0 spiro atoms. The first-order valence-electron chi connectivity index (χ1n) is 9.88. The van der Waals surface area contributed by atoms with Gasteiger partial charge >= 0.3 is 0 Å². The number of aromatic nitrogens is 5. The molecule has 0 saturated carbocycles. The lowest BCUT2D eigenvalue weighted by atomic mass is 9.80. The van der Waals surface area contributed by atoms with E-state index in [0.717, 1.165) is 66.1 Å². The largest absolute Gasteiger partial charge is 0.355 e. The normalized spacial score (nSPS) is 16.8. The molecule has 7 nitrogen and oxygen atoms in total. The summed E-state index contributed by atoms with van der Waals surface area (Å²) < 4.78 is 3.85. The summed E-state index contributed by atoms with van der Waals surface area (Å²) in [5, 5.41) is 6.02. The molecule has 2 N–H and O–H groups in total. The molecule has 0 bridgehead atoms. The molecule has 1 aliphatic rings. The summed E-state index contributed by atoms with van der Waals surface area (Å²) in [6.45, 7) is 4.89. The van der Waals surface area contributed by atoms with Crippen LogP contribution in [0.25, 0.3) is 27.8 Å². The number of anilines is 1. The molecule has 0 amide bonds. The van der Waals surface area contributed by atoms with Gasteiger partial charge in [0, 0.05) is 49.7 Å². The number of imidazole rings is 1. The lowest BCUT2D eigenvalue weighted by molar-refractivity contribution is 0.258. The average molecular weight is 410 g/mol. The van der Waals surface area contributed by atoms with Crippen LogP contribution < -0.4 is 10.6 Å². The van der Waals surface area contributed by atoms with Crippen molar-refractivity contribution in [3.63, 3.8) is 0 Å². The van der Waals surface area contributed by atoms with Gasteiger partial charge in [-0.25, -0.2) is 9.97 Å². The van der Waals surface area contributed by atoms with Crippen LogP contribution in [0.3, 0.4) is 0 Å². The third-order valence-corrected chi connectivity index (χ3v) is 6.59. The second kappa shape index (κ2) is 6.71. The van der Waals surface area contributed by atoms with E-state index in [4.69, 9.17) is 22.3 Å². The number of piperidine rings is 1. The number of nitrogens with two attached hydrogens (primary N) is 1. The van der Waals surface area contributed by atoms with E-state index in [0.29, 0.717) is 5.02 Å². The predicted octanol–water partition coefficient (Wildman–Crippen LogP) is 3.50. The molecule has 1 saturated heterocycles. The molecule has 1 aromatic carbocycles. The van der Waals surface area contributed by atoms with Crippen LogP contribution in [0.1, 0.15) is 19.8 Å². The SMILES string of the molecule is Cn1cc2c(Cl)c(-c3ncc4c(N5CCC(C)(CN)CC5)nccn34)ccc2n1. The number of fused-ring (bicyclic) bond motifs is 2. The quantitative estimate of drug-likeness (QED) is 0.560. The minimum Gasteiger partial charge on any atom is -0.355 e. The van der Waals surface area contributed by atoms with Gasteiger partial charge < -0.3 is 10.6 Å². The minimum absolute atomic E-state index is 0.222. The summed E-state index contributed by atoms with van der Waals surface area (Å²) in [6, 6.07) is 3.97. The van der Waals surface area contributed by atoms with Gasteiger partial charge in [-0.15, -0.1) is 0 Å². The van der Waals surface area contributed by atoms with Gasteiger partial charge in [-0.1, -0.05) is 18.5 Å². The van der Waals surface area contributed by atoms with Gasteiger partial charge in [-0.3, -0.25) is 9.08 Å². The maximum absolute atomic E-state index is 6.74. The highest BCUT2D eigenvalue weighted by Gasteiger charge is 2.30. The van der Waals surface area contributed by atoms with E-state index >= 15 is 0 Å². The molecular formula is C21H24ClN7. The van der Waals surface area contributed by atoms with Gasteiger partial charge in [-0.2, -0.15) is 5.10 Å². The van der Waals surface area contributed by atoms with Crippen molar-refractivity contribution in [2.45, 2.75) is 19.8 Å². The van der Waals surface area contributed by atoms with Gasteiger partial charge in [0.05, 0.1) is 16.7 Å². The van der Waals surface area contributed by atoms with Gasteiger partial charge in [-0.05, 0) is 36.9 Å². The molecule has 1 fully saturated rings. The van der Waals surface area contributed by atoms with Gasteiger partial charge in [0.25, 0.3) is 0 Å². The Hall–Kier alpha value is -2.64. The number of nitrogens with zero attached hydrogens (tertiary/aromatic N) is 6. The Morgan fingerprint density at radius 3 is 2.76 bits per heavy atom. The molecule has 0 radical (unpaired) electrons. The molecule has 150 valence electrons. The summed E-state index contributed by atoms with van der Waals surface area (Å²) in [5.41, 5.74) is 8.94. The van der Waals surface area contributed by atoms with Crippen molar-refractivity contribution in [3.05, 3.63) is 41.9 Å². The zero-order chi connectivity index (χ0) is 20.2. The summed E-state index contributed by atoms with van der Waals surface area (Å²) in [4.78, 5) is 11.7. The van der Waals surface area contributed by atoms with Gasteiger partial charge in [0.15, 0.2) is 5.82 Å². The van der Waals surface area contributed by atoms with E-state index in [2.05, 4.69) is 26.3 Å².